The Bertz CT molecular complexity index is 564. The molecule has 0 amide bonds. The Labute approximate surface area is 121 Å². The van der Waals surface area contributed by atoms with Crippen molar-refractivity contribution >= 4 is 27.5 Å². The Morgan fingerprint density at radius 2 is 2.16 bits per heavy atom. The molecule has 3 heteroatoms. The minimum Gasteiger partial charge on any atom is -0.299 e. The Kier molecular flexibility index (Phi) is 3.12. The molecule has 1 saturated carbocycles. The van der Waals surface area contributed by atoms with E-state index in [0.29, 0.717) is 12.2 Å². The van der Waals surface area contributed by atoms with Gasteiger partial charge in [0.1, 0.15) is 5.78 Å². The van der Waals surface area contributed by atoms with Crippen LogP contribution in [0.4, 0.5) is 0 Å². The van der Waals surface area contributed by atoms with Crippen LogP contribution in [0.25, 0.3) is 0 Å². The molecule has 0 aliphatic heterocycles. The van der Waals surface area contributed by atoms with Crippen LogP contribution in [0, 0.1) is 11.3 Å². The summed E-state index contributed by atoms with van der Waals surface area (Å²) in [5.74, 6) is 0.684. The van der Waals surface area contributed by atoms with E-state index in [9.17, 15) is 9.59 Å². The standard InChI is InChI=1S/C16H17BrO2/c1-2-10-8-16(6-5-14(10)18)9-11-3-4-12(17)7-13(11)15(16)19/h3-4,7,10H,2,5-6,8-9H2,1H3/t10-,16?/m0/s1. The van der Waals surface area contributed by atoms with Gasteiger partial charge in [0.05, 0.1) is 0 Å². The van der Waals surface area contributed by atoms with Gasteiger partial charge in [0.15, 0.2) is 5.78 Å². The summed E-state index contributed by atoms with van der Waals surface area (Å²) in [7, 11) is 0. The fraction of sp³-hybridized carbons (Fsp3) is 0.500. The molecule has 100 valence electrons. The number of carbonyl (C=O) groups is 2. The highest BCUT2D eigenvalue weighted by Gasteiger charge is 2.49. The summed E-state index contributed by atoms with van der Waals surface area (Å²) >= 11 is 3.43. The molecule has 0 saturated heterocycles. The predicted octanol–water partition coefficient (Wildman–Crippen LogP) is 3.95. The minimum absolute atomic E-state index is 0.0791. The van der Waals surface area contributed by atoms with E-state index in [0.717, 1.165) is 41.3 Å². The van der Waals surface area contributed by atoms with Crippen molar-refractivity contribution in [2.45, 2.75) is 39.0 Å². The minimum atomic E-state index is -0.294. The lowest BCUT2D eigenvalue weighted by atomic mass is 9.66. The maximum atomic E-state index is 12.8. The molecule has 1 aromatic carbocycles. The molecule has 0 radical (unpaired) electrons. The van der Waals surface area contributed by atoms with Gasteiger partial charge < -0.3 is 0 Å². The van der Waals surface area contributed by atoms with Crippen molar-refractivity contribution < 1.29 is 9.59 Å². The monoisotopic (exact) mass is 320 g/mol. The average Bonchev–Trinajstić information content (AvgIpc) is 2.67. The molecule has 2 aliphatic rings. The summed E-state index contributed by atoms with van der Waals surface area (Å²) in [6.45, 7) is 2.05. The van der Waals surface area contributed by atoms with Crippen molar-refractivity contribution in [1.29, 1.82) is 0 Å². The Hall–Kier alpha value is -0.960. The summed E-state index contributed by atoms with van der Waals surface area (Å²) in [5.41, 5.74) is 1.72. The number of hydrogen-bond acceptors (Lipinski definition) is 2. The zero-order valence-electron chi connectivity index (χ0n) is 11.0. The van der Waals surface area contributed by atoms with Crippen LogP contribution in [0.15, 0.2) is 22.7 Å². The third kappa shape index (κ3) is 1.99. The van der Waals surface area contributed by atoms with Crippen molar-refractivity contribution in [2.75, 3.05) is 0 Å². The van der Waals surface area contributed by atoms with Gasteiger partial charge in [-0.1, -0.05) is 28.9 Å². The molecular weight excluding hydrogens is 304 g/mol. The number of fused-ring (bicyclic) bond motifs is 1. The molecule has 0 N–H and O–H groups in total. The first-order valence-electron chi connectivity index (χ1n) is 6.92. The zero-order chi connectivity index (χ0) is 13.6. The number of rotatable bonds is 1. The van der Waals surface area contributed by atoms with E-state index in [-0.39, 0.29) is 17.1 Å². The highest BCUT2D eigenvalue weighted by molar-refractivity contribution is 9.10. The number of Topliss-reactive ketones (excluding diaryl/α,β-unsaturated/α-hetero) is 2. The summed E-state index contributed by atoms with van der Waals surface area (Å²) in [5, 5.41) is 0. The summed E-state index contributed by atoms with van der Waals surface area (Å²) in [6.07, 6.45) is 3.71. The van der Waals surface area contributed by atoms with Gasteiger partial charge in [-0.15, -0.1) is 0 Å². The molecular formula is C16H17BrO2. The van der Waals surface area contributed by atoms with E-state index in [2.05, 4.69) is 15.9 Å². The van der Waals surface area contributed by atoms with Crippen molar-refractivity contribution in [2.24, 2.45) is 11.3 Å². The molecule has 1 aromatic rings. The van der Waals surface area contributed by atoms with E-state index in [1.165, 1.54) is 0 Å². The van der Waals surface area contributed by atoms with Crippen LogP contribution >= 0.6 is 15.9 Å². The van der Waals surface area contributed by atoms with Crippen LogP contribution in [0.2, 0.25) is 0 Å². The molecule has 1 fully saturated rings. The quantitative estimate of drug-likeness (QED) is 0.785. The van der Waals surface area contributed by atoms with Gasteiger partial charge in [-0.25, -0.2) is 0 Å². The number of ketones is 2. The zero-order valence-corrected chi connectivity index (χ0v) is 12.6. The number of benzene rings is 1. The van der Waals surface area contributed by atoms with E-state index >= 15 is 0 Å². The molecule has 2 nitrogen and oxygen atoms in total. The summed E-state index contributed by atoms with van der Waals surface area (Å²) < 4.78 is 0.954. The number of hydrogen-bond donors (Lipinski definition) is 0. The second kappa shape index (κ2) is 4.55. The number of carbonyl (C=O) groups excluding carboxylic acids is 2. The second-order valence-electron chi connectivity index (χ2n) is 5.86. The lowest BCUT2D eigenvalue weighted by molar-refractivity contribution is -0.126. The Morgan fingerprint density at radius 1 is 1.37 bits per heavy atom. The largest absolute Gasteiger partial charge is 0.299 e. The fourth-order valence-electron chi connectivity index (χ4n) is 3.64. The topological polar surface area (TPSA) is 34.1 Å². The van der Waals surface area contributed by atoms with E-state index in [1.807, 2.05) is 25.1 Å². The lowest BCUT2D eigenvalue weighted by Gasteiger charge is -2.35. The SMILES string of the molecule is CC[C@H]1CC2(CCC1=O)Cc1ccc(Br)cc1C2=O. The normalized spacial score (nSPS) is 29.9. The van der Waals surface area contributed by atoms with Gasteiger partial charge in [-0.2, -0.15) is 0 Å². The molecule has 19 heavy (non-hydrogen) atoms. The van der Waals surface area contributed by atoms with E-state index in [4.69, 9.17) is 0 Å². The first kappa shape index (κ1) is 13.0. The predicted molar refractivity (Wildman–Crippen MR) is 77.2 cm³/mol. The Balaban J connectivity index is 1.96. The highest BCUT2D eigenvalue weighted by atomic mass is 79.9. The first-order chi connectivity index (χ1) is 9.05. The second-order valence-corrected chi connectivity index (χ2v) is 6.78. The first-order valence-corrected chi connectivity index (χ1v) is 7.71. The smallest absolute Gasteiger partial charge is 0.169 e. The maximum absolute atomic E-state index is 12.8. The van der Waals surface area contributed by atoms with Gasteiger partial charge >= 0.3 is 0 Å². The third-order valence-electron chi connectivity index (χ3n) is 4.76. The van der Waals surface area contributed by atoms with Crippen LogP contribution in [0.3, 0.4) is 0 Å². The van der Waals surface area contributed by atoms with E-state index < -0.39 is 0 Å². The molecule has 0 aromatic heterocycles. The molecule has 1 unspecified atom stereocenters. The van der Waals surface area contributed by atoms with Gasteiger partial charge in [0.25, 0.3) is 0 Å². The van der Waals surface area contributed by atoms with Gasteiger partial charge in [-0.3, -0.25) is 9.59 Å². The molecule has 3 rings (SSSR count). The van der Waals surface area contributed by atoms with Crippen LogP contribution < -0.4 is 0 Å². The highest BCUT2D eigenvalue weighted by Crippen LogP contribution is 2.48. The van der Waals surface area contributed by atoms with Gasteiger partial charge in [-0.05, 0) is 43.4 Å². The summed E-state index contributed by atoms with van der Waals surface area (Å²) in [4.78, 5) is 24.6. The maximum Gasteiger partial charge on any atom is 0.169 e. The van der Waals surface area contributed by atoms with Crippen LogP contribution in [0.1, 0.15) is 48.5 Å². The Morgan fingerprint density at radius 3 is 2.89 bits per heavy atom. The number of halogens is 1. The average molecular weight is 321 g/mol. The van der Waals surface area contributed by atoms with Crippen LogP contribution in [0.5, 0.6) is 0 Å². The molecule has 0 heterocycles. The van der Waals surface area contributed by atoms with E-state index in [1.54, 1.807) is 0 Å². The van der Waals surface area contributed by atoms with Gasteiger partial charge in [0, 0.05) is 27.8 Å². The molecule has 0 bridgehead atoms. The van der Waals surface area contributed by atoms with Crippen molar-refractivity contribution in [3.05, 3.63) is 33.8 Å². The van der Waals surface area contributed by atoms with Crippen molar-refractivity contribution in [1.82, 2.24) is 0 Å². The fourth-order valence-corrected chi connectivity index (χ4v) is 4.00. The molecule has 1 spiro atoms. The molecule has 2 atom stereocenters. The van der Waals surface area contributed by atoms with Crippen LogP contribution in [-0.2, 0) is 11.2 Å². The van der Waals surface area contributed by atoms with Crippen molar-refractivity contribution in [3.8, 4) is 0 Å². The third-order valence-corrected chi connectivity index (χ3v) is 5.26. The van der Waals surface area contributed by atoms with Crippen LogP contribution in [-0.4, -0.2) is 11.6 Å². The van der Waals surface area contributed by atoms with Crippen molar-refractivity contribution in [3.63, 3.8) is 0 Å². The lowest BCUT2D eigenvalue weighted by Crippen LogP contribution is -2.38. The van der Waals surface area contributed by atoms with Gasteiger partial charge in [0.2, 0.25) is 0 Å². The summed E-state index contributed by atoms with van der Waals surface area (Å²) in [6, 6.07) is 5.98. The molecule has 2 aliphatic carbocycles.